The number of cyclic esters (lactones) is 1. The normalized spacial score (nSPS) is 22.2. The molecule has 0 radical (unpaired) electrons. The number of fused-ring (bicyclic) bond motifs is 1. The van der Waals surface area contributed by atoms with E-state index in [0.29, 0.717) is 17.7 Å². The number of alkyl halides is 10. The number of nitrogens with zero attached hydrogens (tertiary/aromatic N) is 2. The van der Waals surface area contributed by atoms with E-state index >= 15 is 0 Å². The molecule has 1 aromatic heterocycles. The van der Waals surface area contributed by atoms with Gasteiger partial charge < -0.3 is 9.47 Å². The molecule has 242 valence electrons. The third-order valence-corrected chi connectivity index (χ3v) is 9.60. The standard InChI is InChI=1S/C30H24F9IN2O3/c1-14(2)16-10-22(25(44-3)41-13-16)20-5-4-17(28(31,32)33)12-21(20)23-6-7-27(40)24(45-26(43)42(23)27)15-8-18(29(34,35)36)11-19(9-15)30(37,38)39/h4-5,8-14,23-24H,6-7H2,1-3H3/t23-,24+,27?/m0/s1. The van der Waals surface area contributed by atoms with Gasteiger partial charge in [-0.2, -0.15) is 39.5 Å². The molecule has 5 rings (SSSR count). The number of methoxy groups -OCH3 is 1. The third kappa shape index (κ3) is 6.03. The maximum absolute atomic E-state index is 13.9. The van der Waals surface area contributed by atoms with Crippen molar-refractivity contribution < 1.29 is 53.8 Å². The van der Waals surface area contributed by atoms with Crippen molar-refractivity contribution in [2.75, 3.05) is 7.11 Å². The molecule has 0 saturated carbocycles. The molecule has 3 aromatic rings. The monoisotopic (exact) mass is 758 g/mol. The lowest BCUT2D eigenvalue weighted by atomic mass is 9.90. The Kier molecular flexibility index (Phi) is 8.27. The smallest absolute Gasteiger partial charge is 0.416 e. The molecule has 2 saturated heterocycles. The number of aromatic nitrogens is 1. The first-order valence-corrected chi connectivity index (χ1v) is 14.6. The number of benzene rings is 2. The van der Waals surface area contributed by atoms with E-state index in [9.17, 15) is 44.3 Å². The van der Waals surface area contributed by atoms with Crippen LogP contribution in [-0.2, 0) is 23.3 Å². The number of hydrogen-bond acceptors (Lipinski definition) is 4. The molecule has 3 heterocycles. The Morgan fingerprint density at radius 1 is 0.911 bits per heavy atom. The molecular weight excluding hydrogens is 734 g/mol. The van der Waals surface area contributed by atoms with Gasteiger partial charge in [0, 0.05) is 11.8 Å². The fraction of sp³-hybridized carbons (Fsp3) is 0.400. The van der Waals surface area contributed by atoms with E-state index in [1.807, 2.05) is 13.8 Å². The highest BCUT2D eigenvalue weighted by atomic mass is 127. The van der Waals surface area contributed by atoms with Crippen LogP contribution in [0.2, 0.25) is 0 Å². The lowest BCUT2D eigenvalue weighted by Crippen LogP contribution is -2.38. The van der Waals surface area contributed by atoms with Crippen molar-refractivity contribution in [2.24, 2.45) is 0 Å². The van der Waals surface area contributed by atoms with E-state index < -0.39 is 62.6 Å². The summed E-state index contributed by atoms with van der Waals surface area (Å²) in [6, 6.07) is 4.57. The molecule has 3 atom stereocenters. The summed E-state index contributed by atoms with van der Waals surface area (Å²) < 4.78 is 133. The van der Waals surface area contributed by atoms with E-state index in [-0.39, 0.29) is 41.8 Å². The summed E-state index contributed by atoms with van der Waals surface area (Å²) in [5.74, 6) is 0.0848. The predicted molar refractivity (Wildman–Crippen MR) is 152 cm³/mol. The summed E-state index contributed by atoms with van der Waals surface area (Å²) in [6.07, 6.45) is -16.1. The fourth-order valence-electron chi connectivity index (χ4n) is 5.78. The molecule has 0 spiro atoms. The Labute approximate surface area is 264 Å². The van der Waals surface area contributed by atoms with Gasteiger partial charge in [-0.3, -0.25) is 4.90 Å². The Bertz CT molecular complexity index is 1610. The third-order valence-electron chi connectivity index (χ3n) is 7.97. The summed E-state index contributed by atoms with van der Waals surface area (Å²) >= 11 is 1.74. The Morgan fingerprint density at radius 2 is 1.51 bits per heavy atom. The van der Waals surface area contributed by atoms with Gasteiger partial charge in [0.05, 0.1) is 29.8 Å². The van der Waals surface area contributed by atoms with E-state index in [1.165, 1.54) is 13.2 Å². The van der Waals surface area contributed by atoms with Crippen LogP contribution in [0.4, 0.5) is 44.3 Å². The van der Waals surface area contributed by atoms with Gasteiger partial charge in [-0.1, -0.05) is 42.5 Å². The number of carbonyl (C=O) groups is 1. The topological polar surface area (TPSA) is 51.7 Å². The number of amides is 1. The summed E-state index contributed by atoms with van der Waals surface area (Å²) in [7, 11) is 1.34. The molecule has 45 heavy (non-hydrogen) atoms. The van der Waals surface area contributed by atoms with Crippen LogP contribution in [-0.4, -0.2) is 26.6 Å². The van der Waals surface area contributed by atoms with Crippen LogP contribution in [0.5, 0.6) is 5.88 Å². The van der Waals surface area contributed by atoms with Crippen molar-refractivity contribution in [3.63, 3.8) is 0 Å². The van der Waals surface area contributed by atoms with E-state index in [1.54, 1.807) is 34.9 Å². The molecule has 2 aliphatic rings. The fourth-order valence-corrected chi connectivity index (χ4v) is 7.11. The van der Waals surface area contributed by atoms with Crippen molar-refractivity contribution in [1.29, 1.82) is 0 Å². The van der Waals surface area contributed by atoms with Crippen molar-refractivity contribution in [3.8, 4) is 17.0 Å². The van der Waals surface area contributed by atoms with E-state index in [2.05, 4.69) is 4.98 Å². The second kappa shape index (κ2) is 11.2. The van der Waals surface area contributed by atoms with Gasteiger partial charge in [-0.15, -0.1) is 0 Å². The number of carbonyl (C=O) groups excluding carboxylic acids is 1. The maximum atomic E-state index is 13.9. The minimum atomic E-state index is -5.14. The van der Waals surface area contributed by atoms with Gasteiger partial charge in [-0.25, -0.2) is 9.78 Å². The van der Waals surface area contributed by atoms with E-state index in [0.717, 1.165) is 22.6 Å². The first-order valence-electron chi connectivity index (χ1n) is 13.5. The number of pyridine rings is 1. The van der Waals surface area contributed by atoms with Crippen LogP contribution in [0.1, 0.15) is 78.1 Å². The summed E-state index contributed by atoms with van der Waals surface area (Å²) in [6.45, 7) is 3.78. The molecule has 0 N–H and O–H groups in total. The van der Waals surface area contributed by atoms with Crippen molar-refractivity contribution in [2.45, 2.75) is 66.8 Å². The Hall–Kier alpha value is -3.24. The SMILES string of the molecule is COc1ncc(C(C)C)cc1-c1ccc(C(F)(F)F)cc1[C@@H]1CCC2(I)[C@@H](c3cc(C(F)(F)F)cc(C(F)(F)F)c3)OC(=O)N12. The van der Waals surface area contributed by atoms with Gasteiger partial charge in [0.15, 0.2) is 6.10 Å². The minimum Gasteiger partial charge on any atom is -0.481 e. The Morgan fingerprint density at radius 3 is 2.04 bits per heavy atom. The maximum Gasteiger partial charge on any atom is 0.416 e. The lowest BCUT2D eigenvalue weighted by molar-refractivity contribution is -0.143. The average molecular weight is 758 g/mol. The van der Waals surface area contributed by atoms with Crippen molar-refractivity contribution in [3.05, 3.63) is 82.0 Å². The highest BCUT2D eigenvalue weighted by Crippen LogP contribution is 2.60. The van der Waals surface area contributed by atoms with Gasteiger partial charge in [0.2, 0.25) is 5.88 Å². The van der Waals surface area contributed by atoms with Gasteiger partial charge in [-0.05, 0) is 77.4 Å². The summed E-state index contributed by atoms with van der Waals surface area (Å²) in [4.78, 5) is 18.8. The molecule has 1 amide bonds. The molecule has 5 nitrogen and oxygen atoms in total. The molecule has 2 fully saturated rings. The average Bonchev–Trinajstić information content (AvgIpc) is 3.43. The number of hydrogen-bond donors (Lipinski definition) is 0. The summed E-state index contributed by atoms with van der Waals surface area (Å²) in [5, 5.41) is 0. The zero-order valence-electron chi connectivity index (χ0n) is 23.7. The Balaban J connectivity index is 1.66. The van der Waals surface area contributed by atoms with Crippen molar-refractivity contribution in [1.82, 2.24) is 9.88 Å². The highest BCUT2D eigenvalue weighted by molar-refractivity contribution is 14.1. The number of ether oxygens (including phenoxy) is 2. The van der Waals surface area contributed by atoms with Crippen molar-refractivity contribution >= 4 is 28.7 Å². The molecule has 15 heteroatoms. The predicted octanol–water partition coefficient (Wildman–Crippen LogP) is 10.1. The van der Waals surface area contributed by atoms with E-state index in [4.69, 9.17) is 9.47 Å². The number of halogens is 10. The van der Waals surface area contributed by atoms with Crippen LogP contribution in [0.25, 0.3) is 11.1 Å². The number of rotatable bonds is 5. The largest absolute Gasteiger partial charge is 0.481 e. The second-order valence-electron chi connectivity index (χ2n) is 11.1. The van der Waals surface area contributed by atoms with Gasteiger partial charge >= 0.3 is 24.6 Å². The first-order chi connectivity index (χ1) is 20.8. The molecule has 0 aliphatic carbocycles. The second-order valence-corrected chi connectivity index (χ2v) is 13.0. The molecule has 2 aromatic carbocycles. The lowest BCUT2D eigenvalue weighted by Gasteiger charge is -2.31. The van der Waals surface area contributed by atoms with Crippen LogP contribution < -0.4 is 4.74 Å². The molecule has 1 unspecified atom stereocenters. The van der Waals surface area contributed by atoms with Crippen LogP contribution >= 0.6 is 22.6 Å². The zero-order valence-corrected chi connectivity index (χ0v) is 25.8. The van der Waals surface area contributed by atoms with Crippen LogP contribution in [0, 0.1) is 0 Å². The summed E-state index contributed by atoms with van der Waals surface area (Å²) in [5.41, 5.74) is -3.33. The van der Waals surface area contributed by atoms with Crippen LogP contribution in [0.3, 0.4) is 0 Å². The molecule has 0 bridgehead atoms. The quantitative estimate of drug-likeness (QED) is 0.113. The first kappa shape index (κ1) is 33.1. The van der Waals surface area contributed by atoms with Crippen LogP contribution in [0.15, 0.2) is 48.7 Å². The van der Waals surface area contributed by atoms with Gasteiger partial charge in [0.25, 0.3) is 0 Å². The zero-order chi connectivity index (χ0) is 33.3. The minimum absolute atomic E-state index is 0.0106. The molecule has 2 aliphatic heterocycles. The molecular formula is C30H24F9IN2O3. The highest BCUT2D eigenvalue weighted by Gasteiger charge is 2.61. The van der Waals surface area contributed by atoms with Gasteiger partial charge in [0.1, 0.15) is 3.55 Å².